The molecule has 142 valence electrons. The molecule has 5 nitrogen and oxygen atoms in total. The van der Waals surface area contributed by atoms with Crippen LogP contribution in [-0.2, 0) is 15.1 Å². The smallest absolute Gasteiger partial charge is 0.246 e. The standard InChI is InChI=1S/C22H25NO4/c1-25-19-12-11-17(13-20(19)27-18-9-5-6-10-18)22(15-23-21(24)14-26-22)16-7-3-2-4-8-16/h2-4,7-8,11-13,18H,5-6,9-10,14-15H2,1H3,(H,23,24). The summed E-state index contributed by atoms with van der Waals surface area (Å²) in [5.74, 6) is 1.35. The van der Waals surface area contributed by atoms with Crippen molar-refractivity contribution in [3.05, 3.63) is 59.7 Å². The number of carbonyl (C=O) groups is 1. The zero-order chi connectivity index (χ0) is 18.7. The van der Waals surface area contributed by atoms with Crippen LogP contribution in [-0.4, -0.2) is 32.3 Å². The van der Waals surface area contributed by atoms with Crippen molar-refractivity contribution in [1.29, 1.82) is 0 Å². The van der Waals surface area contributed by atoms with Crippen molar-refractivity contribution >= 4 is 5.91 Å². The second-order valence-corrected chi connectivity index (χ2v) is 7.15. The molecule has 5 heteroatoms. The SMILES string of the molecule is COc1ccc(C2(c3ccccc3)CNC(=O)CO2)cc1OC1CCCC1. The van der Waals surface area contributed by atoms with Crippen molar-refractivity contribution in [2.45, 2.75) is 37.4 Å². The van der Waals surface area contributed by atoms with Gasteiger partial charge in [0.2, 0.25) is 5.91 Å². The Balaban J connectivity index is 1.74. The van der Waals surface area contributed by atoms with E-state index in [0.717, 1.165) is 29.7 Å². The zero-order valence-electron chi connectivity index (χ0n) is 15.6. The predicted molar refractivity (Wildman–Crippen MR) is 102 cm³/mol. The Bertz CT molecular complexity index is 789. The van der Waals surface area contributed by atoms with Gasteiger partial charge in [0.05, 0.1) is 19.8 Å². The van der Waals surface area contributed by atoms with Crippen molar-refractivity contribution < 1.29 is 19.0 Å². The highest BCUT2D eigenvalue weighted by Crippen LogP contribution is 2.40. The summed E-state index contributed by atoms with van der Waals surface area (Å²) < 4.78 is 17.9. The van der Waals surface area contributed by atoms with Crippen molar-refractivity contribution in [1.82, 2.24) is 5.32 Å². The largest absolute Gasteiger partial charge is 0.493 e. The van der Waals surface area contributed by atoms with Crippen molar-refractivity contribution in [3.8, 4) is 11.5 Å². The van der Waals surface area contributed by atoms with Gasteiger partial charge in [-0.25, -0.2) is 0 Å². The molecule has 1 saturated heterocycles. The maximum absolute atomic E-state index is 11.7. The van der Waals surface area contributed by atoms with Gasteiger partial charge in [-0.05, 0) is 48.9 Å². The highest BCUT2D eigenvalue weighted by Gasteiger charge is 2.40. The minimum atomic E-state index is -0.741. The number of ether oxygens (including phenoxy) is 3. The summed E-state index contributed by atoms with van der Waals surface area (Å²) >= 11 is 0. The molecule has 2 aromatic carbocycles. The average Bonchev–Trinajstić information content (AvgIpc) is 3.22. The molecule has 0 bridgehead atoms. The van der Waals surface area contributed by atoms with Crippen LogP contribution in [0, 0.1) is 0 Å². The lowest BCUT2D eigenvalue weighted by Gasteiger charge is -2.38. The average molecular weight is 367 g/mol. The number of hydrogen-bond donors (Lipinski definition) is 1. The summed E-state index contributed by atoms with van der Waals surface area (Å²) in [7, 11) is 1.65. The van der Waals surface area contributed by atoms with Gasteiger partial charge < -0.3 is 19.5 Å². The molecule has 1 aliphatic heterocycles. The minimum absolute atomic E-state index is 0.0275. The van der Waals surface area contributed by atoms with E-state index in [0.29, 0.717) is 12.3 Å². The van der Waals surface area contributed by atoms with E-state index in [2.05, 4.69) is 5.32 Å². The molecule has 1 heterocycles. The molecule has 2 aromatic rings. The van der Waals surface area contributed by atoms with Gasteiger partial charge in [-0.1, -0.05) is 36.4 Å². The van der Waals surface area contributed by atoms with Gasteiger partial charge in [0.15, 0.2) is 11.5 Å². The van der Waals surface area contributed by atoms with E-state index >= 15 is 0 Å². The monoisotopic (exact) mass is 367 g/mol. The van der Waals surface area contributed by atoms with Gasteiger partial charge in [-0.3, -0.25) is 4.79 Å². The molecule has 1 saturated carbocycles. The first-order valence-electron chi connectivity index (χ1n) is 9.52. The van der Waals surface area contributed by atoms with E-state index < -0.39 is 5.60 Å². The lowest BCUT2D eigenvalue weighted by molar-refractivity contribution is -0.140. The fraction of sp³-hybridized carbons (Fsp3) is 0.409. The Kier molecular flexibility index (Phi) is 5.03. The molecular formula is C22H25NO4. The topological polar surface area (TPSA) is 56.8 Å². The van der Waals surface area contributed by atoms with Crippen LogP contribution >= 0.6 is 0 Å². The molecule has 1 aliphatic carbocycles. The fourth-order valence-electron chi connectivity index (χ4n) is 3.96. The number of hydrogen-bond acceptors (Lipinski definition) is 4. The van der Waals surface area contributed by atoms with Crippen LogP contribution < -0.4 is 14.8 Å². The molecule has 0 spiro atoms. The number of benzene rings is 2. The van der Waals surface area contributed by atoms with Gasteiger partial charge in [-0.15, -0.1) is 0 Å². The Morgan fingerprint density at radius 2 is 1.81 bits per heavy atom. The molecule has 27 heavy (non-hydrogen) atoms. The molecule has 4 rings (SSSR count). The number of methoxy groups -OCH3 is 1. The number of carbonyl (C=O) groups excluding carboxylic acids is 1. The second-order valence-electron chi connectivity index (χ2n) is 7.15. The van der Waals surface area contributed by atoms with Gasteiger partial charge in [0.25, 0.3) is 0 Å². The highest BCUT2D eigenvalue weighted by atomic mass is 16.5. The second kappa shape index (κ2) is 7.61. The van der Waals surface area contributed by atoms with Crippen LogP contribution in [0.25, 0.3) is 0 Å². The van der Waals surface area contributed by atoms with Crippen LogP contribution in [0.4, 0.5) is 0 Å². The third-order valence-corrected chi connectivity index (χ3v) is 5.45. The molecule has 0 aromatic heterocycles. The van der Waals surface area contributed by atoms with E-state index in [1.54, 1.807) is 7.11 Å². The fourth-order valence-corrected chi connectivity index (χ4v) is 3.96. The maximum atomic E-state index is 11.7. The Morgan fingerprint density at radius 3 is 2.48 bits per heavy atom. The summed E-state index contributed by atoms with van der Waals surface area (Å²) in [6.07, 6.45) is 4.79. The van der Waals surface area contributed by atoms with Crippen LogP contribution in [0.2, 0.25) is 0 Å². The number of morpholine rings is 1. The summed E-state index contributed by atoms with van der Waals surface area (Å²) in [5.41, 5.74) is 1.21. The lowest BCUT2D eigenvalue weighted by atomic mass is 9.85. The first-order chi connectivity index (χ1) is 13.2. The van der Waals surface area contributed by atoms with Crippen LogP contribution in [0.1, 0.15) is 36.8 Å². The molecule has 1 unspecified atom stereocenters. The number of nitrogens with one attached hydrogen (secondary N) is 1. The summed E-state index contributed by atoms with van der Waals surface area (Å²) in [6, 6.07) is 15.9. The first-order valence-corrected chi connectivity index (χ1v) is 9.52. The Hall–Kier alpha value is -2.53. The summed E-state index contributed by atoms with van der Waals surface area (Å²) in [5, 5.41) is 2.96. The first kappa shape index (κ1) is 17.9. The molecular weight excluding hydrogens is 342 g/mol. The molecule has 1 atom stereocenters. The van der Waals surface area contributed by atoms with Gasteiger partial charge in [0, 0.05) is 0 Å². The van der Waals surface area contributed by atoms with Crippen LogP contribution in [0.3, 0.4) is 0 Å². The number of rotatable bonds is 5. The van der Waals surface area contributed by atoms with Crippen molar-refractivity contribution in [2.75, 3.05) is 20.3 Å². The van der Waals surface area contributed by atoms with Crippen LogP contribution in [0.5, 0.6) is 11.5 Å². The summed E-state index contributed by atoms with van der Waals surface area (Å²) in [4.78, 5) is 11.7. The Labute approximate surface area is 159 Å². The van der Waals surface area contributed by atoms with E-state index in [1.165, 1.54) is 12.8 Å². The van der Waals surface area contributed by atoms with Crippen LogP contribution in [0.15, 0.2) is 48.5 Å². The Morgan fingerprint density at radius 1 is 1.04 bits per heavy atom. The molecule has 2 aliphatic rings. The van der Waals surface area contributed by atoms with Gasteiger partial charge >= 0.3 is 0 Å². The van der Waals surface area contributed by atoms with E-state index in [1.807, 2.05) is 48.5 Å². The van der Waals surface area contributed by atoms with E-state index in [-0.39, 0.29) is 18.6 Å². The minimum Gasteiger partial charge on any atom is -0.493 e. The molecule has 0 radical (unpaired) electrons. The third-order valence-electron chi connectivity index (χ3n) is 5.45. The van der Waals surface area contributed by atoms with E-state index in [4.69, 9.17) is 14.2 Å². The van der Waals surface area contributed by atoms with Crippen molar-refractivity contribution in [2.24, 2.45) is 0 Å². The highest BCUT2D eigenvalue weighted by molar-refractivity contribution is 5.78. The molecule has 2 fully saturated rings. The van der Waals surface area contributed by atoms with E-state index in [9.17, 15) is 4.79 Å². The lowest BCUT2D eigenvalue weighted by Crippen LogP contribution is -2.51. The zero-order valence-corrected chi connectivity index (χ0v) is 15.6. The maximum Gasteiger partial charge on any atom is 0.246 e. The molecule has 1 amide bonds. The predicted octanol–water partition coefficient (Wildman–Crippen LogP) is 3.41. The molecule has 1 N–H and O–H groups in total. The summed E-state index contributed by atoms with van der Waals surface area (Å²) in [6.45, 7) is 0.408. The van der Waals surface area contributed by atoms with Gasteiger partial charge in [0.1, 0.15) is 12.2 Å². The quantitative estimate of drug-likeness (QED) is 0.880. The third kappa shape index (κ3) is 3.52. The van der Waals surface area contributed by atoms with Crippen molar-refractivity contribution in [3.63, 3.8) is 0 Å². The normalized spacial score (nSPS) is 23.1. The van der Waals surface area contributed by atoms with Gasteiger partial charge in [-0.2, -0.15) is 0 Å². The number of amides is 1.